The first-order valence-corrected chi connectivity index (χ1v) is 8.73. The lowest BCUT2D eigenvalue weighted by atomic mass is 10.1. The first kappa shape index (κ1) is 17.5. The molecule has 1 aliphatic rings. The van der Waals surface area contributed by atoms with E-state index in [-0.39, 0.29) is 24.8 Å². The second-order valence-corrected chi connectivity index (χ2v) is 6.46. The third-order valence-electron chi connectivity index (χ3n) is 4.61. The van der Waals surface area contributed by atoms with Gasteiger partial charge in [-0.25, -0.2) is 4.79 Å². The van der Waals surface area contributed by atoms with Gasteiger partial charge in [0.05, 0.1) is 11.4 Å². The highest BCUT2D eigenvalue weighted by Gasteiger charge is 2.28. The summed E-state index contributed by atoms with van der Waals surface area (Å²) in [5, 5.41) is 15.7. The maximum Gasteiger partial charge on any atom is 0.404 e. The number of fused-ring (bicyclic) bond motifs is 3. The van der Waals surface area contributed by atoms with Crippen molar-refractivity contribution in [2.24, 2.45) is 0 Å². The molecule has 1 heterocycles. The van der Waals surface area contributed by atoms with E-state index in [9.17, 15) is 14.4 Å². The Morgan fingerprint density at radius 3 is 2.54 bits per heavy atom. The Bertz CT molecular complexity index is 1090. The molecule has 0 aromatic heterocycles. The molecule has 0 unspecified atom stereocenters. The van der Waals surface area contributed by atoms with E-state index in [1.165, 1.54) is 4.90 Å². The third-order valence-corrected chi connectivity index (χ3v) is 4.61. The summed E-state index contributed by atoms with van der Waals surface area (Å²) in [6.07, 6.45) is -1.36. The molecule has 1 aliphatic heterocycles. The lowest BCUT2D eigenvalue weighted by molar-refractivity contribution is -0.124. The fraction of sp³-hybridized carbons (Fsp3) is 0.0952. The van der Waals surface area contributed by atoms with E-state index in [0.717, 1.165) is 16.3 Å². The van der Waals surface area contributed by atoms with Crippen LogP contribution in [-0.2, 0) is 16.1 Å². The number of carbonyl (C=O) groups excluding carboxylic acids is 2. The Morgan fingerprint density at radius 2 is 1.79 bits per heavy atom. The van der Waals surface area contributed by atoms with Crippen molar-refractivity contribution >= 4 is 45.7 Å². The zero-order valence-electron chi connectivity index (χ0n) is 14.8. The highest BCUT2D eigenvalue weighted by atomic mass is 16.4. The minimum Gasteiger partial charge on any atom is -0.465 e. The van der Waals surface area contributed by atoms with Crippen molar-refractivity contribution in [1.82, 2.24) is 5.32 Å². The van der Waals surface area contributed by atoms with E-state index < -0.39 is 6.09 Å². The van der Waals surface area contributed by atoms with Crippen LogP contribution in [0.1, 0.15) is 12.0 Å². The van der Waals surface area contributed by atoms with Crippen LogP contribution in [0.15, 0.2) is 60.7 Å². The lowest BCUT2D eigenvalue weighted by Gasteiger charge is -2.23. The number of carbonyl (C=O) groups is 3. The van der Waals surface area contributed by atoms with Gasteiger partial charge in [0.1, 0.15) is 6.42 Å². The molecule has 3 aromatic carbocycles. The van der Waals surface area contributed by atoms with Crippen LogP contribution in [0.4, 0.5) is 21.9 Å². The zero-order chi connectivity index (χ0) is 19.7. The quantitative estimate of drug-likeness (QED) is 0.609. The second kappa shape index (κ2) is 7.03. The van der Waals surface area contributed by atoms with Gasteiger partial charge in [-0.05, 0) is 29.1 Å². The van der Waals surface area contributed by atoms with Gasteiger partial charge < -0.3 is 15.7 Å². The van der Waals surface area contributed by atoms with E-state index in [1.807, 2.05) is 36.4 Å². The Balaban J connectivity index is 1.78. The summed E-state index contributed by atoms with van der Waals surface area (Å²) < 4.78 is 0. The monoisotopic (exact) mass is 375 g/mol. The minimum atomic E-state index is -1.10. The van der Waals surface area contributed by atoms with Crippen molar-refractivity contribution in [1.29, 1.82) is 0 Å². The van der Waals surface area contributed by atoms with Crippen LogP contribution >= 0.6 is 0 Å². The maximum absolute atomic E-state index is 12.8. The van der Waals surface area contributed by atoms with Crippen LogP contribution in [0.2, 0.25) is 0 Å². The van der Waals surface area contributed by atoms with Crippen LogP contribution in [0, 0.1) is 0 Å². The van der Waals surface area contributed by atoms with E-state index >= 15 is 0 Å². The van der Waals surface area contributed by atoms with Crippen molar-refractivity contribution in [3.63, 3.8) is 0 Å². The number of hydrogen-bond acceptors (Lipinski definition) is 3. The SMILES string of the molecule is O=C(O)NCc1ccc(N2C(=O)CC(=O)Nc3c2ccc2ccccc32)cc1. The summed E-state index contributed by atoms with van der Waals surface area (Å²) in [4.78, 5) is 37.2. The molecule has 3 N–H and O–H groups in total. The van der Waals surface area contributed by atoms with E-state index in [1.54, 1.807) is 24.3 Å². The molecule has 28 heavy (non-hydrogen) atoms. The van der Waals surface area contributed by atoms with Gasteiger partial charge in [-0.15, -0.1) is 0 Å². The lowest BCUT2D eigenvalue weighted by Crippen LogP contribution is -2.26. The highest BCUT2D eigenvalue weighted by molar-refractivity contribution is 6.21. The zero-order valence-corrected chi connectivity index (χ0v) is 14.8. The molecule has 0 saturated carbocycles. The normalized spacial score (nSPS) is 13.6. The smallest absolute Gasteiger partial charge is 0.404 e. The number of rotatable bonds is 3. The first-order chi connectivity index (χ1) is 13.5. The molecule has 0 fully saturated rings. The number of benzene rings is 3. The molecule has 0 saturated heterocycles. The van der Waals surface area contributed by atoms with Crippen molar-refractivity contribution in [3.05, 3.63) is 66.2 Å². The number of carboxylic acid groups (broad SMARTS) is 1. The molecule has 4 rings (SSSR count). The summed E-state index contributed by atoms with van der Waals surface area (Å²) in [7, 11) is 0. The van der Waals surface area contributed by atoms with Gasteiger partial charge in [-0.2, -0.15) is 0 Å². The third kappa shape index (κ3) is 3.25. The number of nitrogens with one attached hydrogen (secondary N) is 2. The van der Waals surface area contributed by atoms with Crippen LogP contribution in [0.25, 0.3) is 10.8 Å². The highest BCUT2D eigenvalue weighted by Crippen LogP contribution is 2.39. The van der Waals surface area contributed by atoms with Gasteiger partial charge in [-0.3, -0.25) is 14.5 Å². The number of nitrogens with zero attached hydrogens (tertiary/aromatic N) is 1. The Morgan fingerprint density at radius 1 is 1.04 bits per heavy atom. The maximum atomic E-state index is 12.8. The van der Waals surface area contributed by atoms with Gasteiger partial charge in [0.15, 0.2) is 0 Å². The average molecular weight is 375 g/mol. The molecule has 0 spiro atoms. The average Bonchev–Trinajstić information content (AvgIpc) is 2.81. The van der Waals surface area contributed by atoms with Gasteiger partial charge in [0.25, 0.3) is 0 Å². The van der Waals surface area contributed by atoms with Crippen molar-refractivity contribution in [3.8, 4) is 0 Å². The standard InChI is InChI=1S/C21H17N3O4/c25-18-11-19(26)24(15-8-5-13(6-9-15)12-22-21(27)28)17-10-7-14-3-1-2-4-16(14)20(17)23-18/h1-10,22H,11-12H2,(H,23,25)(H,27,28). The summed E-state index contributed by atoms with van der Waals surface area (Å²) >= 11 is 0. The molecule has 7 heteroatoms. The first-order valence-electron chi connectivity index (χ1n) is 8.73. The predicted octanol–water partition coefficient (Wildman–Crippen LogP) is 3.61. The number of anilines is 3. The molecule has 140 valence electrons. The Labute approximate surface area is 160 Å². The van der Waals surface area contributed by atoms with E-state index in [0.29, 0.717) is 17.1 Å². The van der Waals surface area contributed by atoms with Crippen LogP contribution in [0.5, 0.6) is 0 Å². The van der Waals surface area contributed by atoms with Crippen molar-refractivity contribution < 1.29 is 19.5 Å². The summed E-state index contributed by atoms with van der Waals surface area (Å²) in [5.41, 5.74) is 2.58. The van der Waals surface area contributed by atoms with Crippen molar-refractivity contribution in [2.45, 2.75) is 13.0 Å². The van der Waals surface area contributed by atoms with E-state index in [4.69, 9.17) is 5.11 Å². The molecule has 0 radical (unpaired) electrons. The van der Waals surface area contributed by atoms with Gasteiger partial charge >= 0.3 is 6.09 Å². The van der Waals surface area contributed by atoms with Crippen LogP contribution < -0.4 is 15.5 Å². The van der Waals surface area contributed by atoms with Gasteiger partial charge in [0.2, 0.25) is 11.8 Å². The topological polar surface area (TPSA) is 98.7 Å². The summed E-state index contributed by atoms with van der Waals surface area (Å²) in [5.74, 6) is -0.685. The molecule has 0 aliphatic carbocycles. The van der Waals surface area contributed by atoms with Crippen molar-refractivity contribution in [2.75, 3.05) is 10.2 Å². The van der Waals surface area contributed by atoms with Crippen LogP contribution in [-0.4, -0.2) is 23.0 Å². The molecule has 3 amide bonds. The van der Waals surface area contributed by atoms with Gasteiger partial charge in [-0.1, -0.05) is 42.5 Å². The summed E-state index contributed by atoms with van der Waals surface area (Å²) in [6.45, 7) is 0.171. The van der Waals surface area contributed by atoms with Gasteiger partial charge in [0, 0.05) is 17.6 Å². The number of amides is 3. The molecule has 0 bridgehead atoms. The second-order valence-electron chi connectivity index (χ2n) is 6.46. The fourth-order valence-electron chi connectivity index (χ4n) is 3.34. The molecular weight excluding hydrogens is 358 g/mol. The fourth-order valence-corrected chi connectivity index (χ4v) is 3.34. The molecule has 7 nitrogen and oxygen atoms in total. The molecule has 0 atom stereocenters. The summed E-state index contributed by atoms with van der Waals surface area (Å²) in [6, 6.07) is 18.4. The minimum absolute atomic E-state index is 0.171. The Hall–Kier alpha value is -3.87. The van der Waals surface area contributed by atoms with Crippen LogP contribution in [0.3, 0.4) is 0 Å². The Kier molecular flexibility index (Phi) is 4.41. The number of hydrogen-bond donors (Lipinski definition) is 3. The molecule has 3 aromatic rings. The predicted molar refractivity (Wildman–Crippen MR) is 106 cm³/mol. The van der Waals surface area contributed by atoms with E-state index in [2.05, 4.69) is 10.6 Å². The largest absolute Gasteiger partial charge is 0.465 e. The molecular formula is C21H17N3O4.